The second-order valence-corrected chi connectivity index (χ2v) is 5.17. The van der Waals surface area contributed by atoms with Crippen molar-refractivity contribution in [2.75, 3.05) is 5.32 Å². The summed E-state index contributed by atoms with van der Waals surface area (Å²) in [5.41, 5.74) is 0.811. The second-order valence-electron chi connectivity index (χ2n) is 3.44. The van der Waals surface area contributed by atoms with Crippen LogP contribution in [-0.4, -0.2) is 10.9 Å². The van der Waals surface area contributed by atoms with Crippen LogP contribution in [0, 0.1) is 0 Å². The molecule has 0 saturated heterocycles. The predicted molar refractivity (Wildman–Crippen MR) is 76.4 cm³/mol. The van der Waals surface area contributed by atoms with Crippen molar-refractivity contribution in [2.24, 2.45) is 0 Å². The van der Waals surface area contributed by atoms with Crippen molar-refractivity contribution in [1.29, 1.82) is 0 Å². The third kappa shape index (κ3) is 3.02. The van der Waals surface area contributed by atoms with E-state index in [4.69, 9.17) is 23.2 Å². The van der Waals surface area contributed by atoms with Gasteiger partial charge in [-0.1, -0.05) is 29.3 Å². The van der Waals surface area contributed by atoms with Gasteiger partial charge in [-0.2, -0.15) is 0 Å². The Hall–Kier alpha value is -1.10. The lowest BCUT2D eigenvalue weighted by Crippen LogP contribution is -2.12. The molecule has 2 aromatic rings. The van der Waals surface area contributed by atoms with E-state index in [9.17, 15) is 4.79 Å². The van der Waals surface area contributed by atoms with E-state index in [1.165, 1.54) is 6.20 Å². The highest BCUT2D eigenvalue weighted by Gasteiger charge is 2.11. The lowest BCUT2D eigenvalue weighted by atomic mass is 10.2. The molecule has 0 aliphatic heterocycles. The molecular weight excluding hydrogens is 339 g/mol. The molecular formula is C12H7BrCl2N2O. The normalized spacial score (nSPS) is 10.2. The third-order valence-corrected chi connectivity index (χ3v) is 3.23. The minimum absolute atomic E-state index is 0.321. The number of hydrogen-bond acceptors (Lipinski definition) is 2. The fourth-order valence-corrected chi connectivity index (χ4v) is 2.20. The molecule has 0 aliphatic carbocycles. The molecule has 0 saturated carbocycles. The highest BCUT2D eigenvalue weighted by Crippen LogP contribution is 2.30. The van der Waals surface area contributed by atoms with Gasteiger partial charge < -0.3 is 5.32 Å². The van der Waals surface area contributed by atoms with E-state index in [2.05, 4.69) is 26.2 Å². The number of aromatic nitrogens is 1. The van der Waals surface area contributed by atoms with Crippen LogP contribution in [0.4, 0.5) is 5.69 Å². The van der Waals surface area contributed by atoms with Gasteiger partial charge in [-0.3, -0.25) is 9.78 Å². The van der Waals surface area contributed by atoms with Gasteiger partial charge in [-0.25, -0.2) is 0 Å². The van der Waals surface area contributed by atoms with Gasteiger partial charge in [0.1, 0.15) is 0 Å². The van der Waals surface area contributed by atoms with Gasteiger partial charge in [0.15, 0.2) is 0 Å². The van der Waals surface area contributed by atoms with Gasteiger partial charge >= 0.3 is 0 Å². The number of benzene rings is 1. The number of amides is 1. The van der Waals surface area contributed by atoms with Crippen molar-refractivity contribution < 1.29 is 4.79 Å². The summed E-state index contributed by atoms with van der Waals surface area (Å²) in [6.07, 6.45) is 3.06. The molecule has 92 valence electrons. The van der Waals surface area contributed by atoms with Gasteiger partial charge in [-0.05, 0) is 34.1 Å². The van der Waals surface area contributed by atoms with Crippen molar-refractivity contribution in [1.82, 2.24) is 4.98 Å². The number of nitrogens with zero attached hydrogens (tertiary/aromatic N) is 1. The van der Waals surface area contributed by atoms with Crippen LogP contribution in [0.5, 0.6) is 0 Å². The van der Waals surface area contributed by atoms with Crippen LogP contribution in [0.2, 0.25) is 10.0 Å². The molecule has 3 nitrogen and oxygen atoms in total. The SMILES string of the molecule is O=C(Nc1c(Cl)cccc1Cl)c1cncc(Br)c1. The van der Waals surface area contributed by atoms with Crippen LogP contribution < -0.4 is 5.32 Å². The molecule has 1 aromatic heterocycles. The molecule has 1 aromatic carbocycles. The number of pyridine rings is 1. The molecule has 0 fully saturated rings. The van der Waals surface area contributed by atoms with Crippen molar-refractivity contribution in [3.63, 3.8) is 0 Å². The van der Waals surface area contributed by atoms with Crippen LogP contribution in [0.25, 0.3) is 0 Å². The molecule has 6 heteroatoms. The van der Waals surface area contributed by atoms with Gasteiger partial charge in [0.05, 0.1) is 21.3 Å². The standard InChI is InChI=1S/C12H7BrCl2N2O/c13-8-4-7(5-16-6-8)12(18)17-11-9(14)2-1-3-10(11)15/h1-6H,(H,17,18). The summed E-state index contributed by atoms with van der Waals surface area (Å²) in [7, 11) is 0. The summed E-state index contributed by atoms with van der Waals surface area (Å²) >= 11 is 15.2. The zero-order chi connectivity index (χ0) is 13.1. The Labute approximate surface area is 122 Å². The maximum Gasteiger partial charge on any atom is 0.257 e. The van der Waals surface area contributed by atoms with Crippen molar-refractivity contribution in [2.45, 2.75) is 0 Å². The Morgan fingerprint density at radius 1 is 1.22 bits per heavy atom. The number of para-hydroxylation sites is 1. The number of nitrogens with one attached hydrogen (secondary N) is 1. The van der Waals surface area contributed by atoms with Crippen molar-refractivity contribution >= 4 is 50.7 Å². The predicted octanol–water partition coefficient (Wildman–Crippen LogP) is 4.40. The molecule has 0 atom stereocenters. The van der Waals surface area contributed by atoms with E-state index < -0.39 is 0 Å². The van der Waals surface area contributed by atoms with E-state index in [1.807, 2.05) is 0 Å². The first kappa shape index (κ1) is 13.3. The first-order chi connectivity index (χ1) is 8.58. The third-order valence-electron chi connectivity index (χ3n) is 2.17. The van der Waals surface area contributed by atoms with E-state index in [-0.39, 0.29) is 5.91 Å². The van der Waals surface area contributed by atoms with E-state index in [0.29, 0.717) is 21.3 Å². The molecule has 0 spiro atoms. The van der Waals surface area contributed by atoms with Gasteiger partial charge in [0.2, 0.25) is 0 Å². The highest BCUT2D eigenvalue weighted by molar-refractivity contribution is 9.10. The summed E-state index contributed by atoms with van der Waals surface area (Å²) in [6, 6.07) is 6.68. The highest BCUT2D eigenvalue weighted by atomic mass is 79.9. The molecule has 2 rings (SSSR count). The molecule has 0 aliphatic rings. The summed E-state index contributed by atoms with van der Waals surface area (Å²) in [5.74, 6) is -0.321. The quantitative estimate of drug-likeness (QED) is 0.876. The van der Waals surface area contributed by atoms with Crippen LogP contribution in [0.1, 0.15) is 10.4 Å². The van der Waals surface area contributed by atoms with Crippen molar-refractivity contribution in [3.05, 3.63) is 56.7 Å². The number of rotatable bonds is 2. The van der Waals surface area contributed by atoms with E-state index >= 15 is 0 Å². The van der Waals surface area contributed by atoms with Crippen LogP contribution >= 0.6 is 39.1 Å². The number of carbonyl (C=O) groups excluding carboxylic acids is 1. The number of anilines is 1. The molecule has 1 heterocycles. The maximum absolute atomic E-state index is 12.0. The largest absolute Gasteiger partial charge is 0.319 e. The Morgan fingerprint density at radius 2 is 1.89 bits per heavy atom. The van der Waals surface area contributed by atoms with Crippen LogP contribution in [0.3, 0.4) is 0 Å². The summed E-state index contributed by atoms with van der Waals surface area (Å²) in [5, 5.41) is 3.43. The molecule has 1 N–H and O–H groups in total. The van der Waals surface area contributed by atoms with E-state index in [1.54, 1.807) is 30.5 Å². The minimum Gasteiger partial charge on any atom is -0.319 e. The Bertz CT molecular complexity index is 584. The summed E-state index contributed by atoms with van der Waals surface area (Å²) in [6.45, 7) is 0. The maximum atomic E-state index is 12.0. The first-order valence-corrected chi connectivity index (χ1v) is 6.49. The Balaban J connectivity index is 2.27. The molecule has 0 unspecified atom stereocenters. The number of halogens is 3. The van der Waals surface area contributed by atoms with Crippen LogP contribution in [0.15, 0.2) is 41.1 Å². The average molecular weight is 346 g/mol. The summed E-state index contributed by atoms with van der Waals surface area (Å²) < 4.78 is 0.723. The van der Waals surface area contributed by atoms with Gasteiger partial charge in [0, 0.05) is 16.9 Å². The lowest BCUT2D eigenvalue weighted by Gasteiger charge is -2.08. The fourth-order valence-electron chi connectivity index (χ4n) is 1.34. The molecule has 0 bridgehead atoms. The van der Waals surface area contributed by atoms with Gasteiger partial charge in [-0.15, -0.1) is 0 Å². The van der Waals surface area contributed by atoms with E-state index in [0.717, 1.165) is 4.47 Å². The second kappa shape index (κ2) is 5.69. The molecule has 0 radical (unpaired) electrons. The monoisotopic (exact) mass is 344 g/mol. The number of carbonyl (C=O) groups is 1. The zero-order valence-electron chi connectivity index (χ0n) is 8.95. The topological polar surface area (TPSA) is 42.0 Å². The Morgan fingerprint density at radius 3 is 2.50 bits per heavy atom. The van der Waals surface area contributed by atoms with Crippen molar-refractivity contribution in [3.8, 4) is 0 Å². The fraction of sp³-hybridized carbons (Fsp3) is 0. The average Bonchev–Trinajstić information content (AvgIpc) is 2.34. The lowest BCUT2D eigenvalue weighted by molar-refractivity contribution is 0.102. The smallest absolute Gasteiger partial charge is 0.257 e. The Kier molecular flexibility index (Phi) is 4.22. The molecule has 1 amide bonds. The van der Waals surface area contributed by atoms with Crippen LogP contribution in [-0.2, 0) is 0 Å². The summed E-state index contributed by atoms with van der Waals surface area (Å²) in [4.78, 5) is 15.9. The van der Waals surface area contributed by atoms with Gasteiger partial charge in [0.25, 0.3) is 5.91 Å². The minimum atomic E-state index is -0.321. The molecule has 18 heavy (non-hydrogen) atoms. The number of hydrogen-bond donors (Lipinski definition) is 1. The first-order valence-electron chi connectivity index (χ1n) is 4.94. The zero-order valence-corrected chi connectivity index (χ0v) is 12.1.